The maximum absolute atomic E-state index is 12.0. The Morgan fingerprint density at radius 3 is 2.61 bits per heavy atom. The predicted molar refractivity (Wildman–Crippen MR) is 93.6 cm³/mol. The summed E-state index contributed by atoms with van der Waals surface area (Å²) in [7, 11) is 3.16. The van der Waals surface area contributed by atoms with E-state index in [1.807, 2.05) is 42.5 Å². The van der Waals surface area contributed by atoms with Crippen LogP contribution in [0.3, 0.4) is 0 Å². The standard InChI is InChI=1S/C17H18ClNO3S/c1-21-14-8-5-6-12(17(14)22-2)10-19-16(20)11-23-15-9-4-3-7-13(15)18/h3-9H,10-11H2,1-2H3,(H,19,20). The lowest BCUT2D eigenvalue weighted by Gasteiger charge is -2.13. The number of ether oxygens (including phenoxy) is 2. The molecule has 0 saturated heterocycles. The van der Waals surface area contributed by atoms with Gasteiger partial charge in [-0.3, -0.25) is 4.79 Å². The highest BCUT2D eigenvalue weighted by molar-refractivity contribution is 8.00. The number of thioether (sulfide) groups is 1. The first-order valence-corrected chi connectivity index (χ1v) is 8.36. The van der Waals surface area contributed by atoms with E-state index in [9.17, 15) is 4.79 Å². The van der Waals surface area contributed by atoms with E-state index in [0.29, 0.717) is 28.8 Å². The fraction of sp³-hybridized carbons (Fsp3) is 0.235. The van der Waals surface area contributed by atoms with Gasteiger partial charge in [-0.25, -0.2) is 0 Å². The molecule has 0 saturated carbocycles. The van der Waals surface area contributed by atoms with E-state index in [4.69, 9.17) is 21.1 Å². The molecule has 0 spiro atoms. The van der Waals surface area contributed by atoms with Crippen LogP contribution in [0, 0.1) is 0 Å². The Labute approximate surface area is 145 Å². The van der Waals surface area contributed by atoms with Gasteiger partial charge in [0.1, 0.15) is 0 Å². The molecule has 0 fully saturated rings. The van der Waals surface area contributed by atoms with Crippen molar-refractivity contribution in [1.29, 1.82) is 0 Å². The molecule has 2 aromatic rings. The van der Waals surface area contributed by atoms with Gasteiger partial charge >= 0.3 is 0 Å². The highest BCUT2D eigenvalue weighted by Crippen LogP contribution is 2.30. The Hall–Kier alpha value is -1.85. The second-order valence-corrected chi connectivity index (χ2v) is 6.07. The lowest BCUT2D eigenvalue weighted by atomic mass is 10.2. The lowest BCUT2D eigenvalue weighted by Crippen LogP contribution is -2.24. The summed E-state index contributed by atoms with van der Waals surface area (Å²) in [5.41, 5.74) is 0.864. The molecule has 1 amide bonds. The Balaban J connectivity index is 1.91. The zero-order valence-corrected chi connectivity index (χ0v) is 14.5. The van der Waals surface area contributed by atoms with E-state index in [0.717, 1.165) is 10.5 Å². The molecule has 0 bridgehead atoms. The number of rotatable bonds is 7. The van der Waals surface area contributed by atoms with Gasteiger partial charge in [0.2, 0.25) is 5.91 Å². The van der Waals surface area contributed by atoms with Crippen LogP contribution < -0.4 is 14.8 Å². The van der Waals surface area contributed by atoms with Gasteiger partial charge in [0.25, 0.3) is 0 Å². The largest absolute Gasteiger partial charge is 0.493 e. The van der Waals surface area contributed by atoms with E-state index in [1.54, 1.807) is 14.2 Å². The minimum atomic E-state index is -0.0696. The molecule has 0 aliphatic carbocycles. The number of hydrogen-bond donors (Lipinski definition) is 1. The Morgan fingerprint density at radius 1 is 1.13 bits per heavy atom. The Morgan fingerprint density at radius 2 is 1.91 bits per heavy atom. The molecule has 0 radical (unpaired) electrons. The number of carbonyl (C=O) groups excluding carboxylic acids is 1. The van der Waals surface area contributed by atoms with Crippen molar-refractivity contribution in [3.8, 4) is 11.5 Å². The van der Waals surface area contributed by atoms with Crippen LogP contribution in [0.1, 0.15) is 5.56 Å². The van der Waals surface area contributed by atoms with Gasteiger partial charge in [-0.05, 0) is 18.2 Å². The van der Waals surface area contributed by atoms with Gasteiger partial charge in [0, 0.05) is 17.0 Å². The SMILES string of the molecule is COc1cccc(CNC(=O)CSc2ccccc2Cl)c1OC. The Bertz CT molecular complexity index is 679. The number of hydrogen-bond acceptors (Lipinski definition) is 4. The second-order valence-electron chi connectivity index (χ2n) is 4.65. The molecule has 0 heterocycles. The van der Waals surface area contributed by atoms with Crippen molar-refractivity contribution in [1.82, 2.24) is 5.32 Å². The molecule has 0 atom stereocenters. The maximum Gasteiger partial charge on any atom is 0.230 e. The summed E-state index contributed by atoms with van der Waals surface area (Å²) in [6.07, 6.45) is 0. The van der Waals surface area contributed by atoms with Crippen LogP contribution in [0.4, 0.5) is 0 Å². The van der Waals surface area contributed by atoms with E-state index >= 15 is 0 Å². The van der Waals surface area contributed by atoms with E-state index in [2.05, 4.69) is 5.32 Å². The summed E-state index contributed by atoms with van der Waals surface area (Å²) in [5, 5.41) is 3.53. The molecule has 23 heavy (non-hydrogen) atoms. The normalized spacial score (nSPS) is 10.2. The highest BCUT2D eigenvalue weighted by atomic mass is 35.5. The third-order valence-electron chi connectivity index (χ3n) is 3.16. The summed E-state index contributed by atoms with van der Waals surface area (Å²) in [6, 6.07) is 13.0. The summed E-state index contributed by atoms with van der Waals surface area (Å²) >= 11 is 7.48. The highest BCUT2D eigenvalue weighted by Gasteiger charge is 2.11. The molecular formula is C17H18ClNO3S. The first kappa shape index (κ1) is 17.5. The molecular weight excluding hydrogens is 334 g/mol. The van der Waals surface area contributed by atoms with Gasteiger partial charge in [0.15, 0.2) is 11.5 Å². The fourth-order valence-corrected chi connectivity index (χ4v) is 3.11. The molecule has 6 heteroatoms. The monoisotopic (exact) mass is 351 g/mol. The number of benzene rings is 2. The molecule has 4 nitrogen and oxygen atoms in total. The second kappa shape index (κ2) is 8.70. The van der Waals surface area contributed by atoms with Crippen molar-refractivity contribution in [3.63, 3.8) is 0 Å². The summed E-state index contributed by atoms with van der Waals surface area (Å²) in [5.74, 6) is 1.51. The van der Waals surface area contributed by atoms with Crippen molar-refractivity contribution in [3.05, 3.63) is 53.1 Å². The minimum absolute atomic E-state index is 0.0696. The molecule has 2 aromatic carbocycles. The smallest absolute Gasteiger partial charge is 0.230 e. The lowest BCUT2D eigenvalue weighted by molar-refractivity contribution is -0.118. The van der Waals surface area contributed by atoms with Crippen LogP contribution >= 0.6 is 23.4 Å². The van der Waals surface area contributed by atoms with Crippen LogP contribution in [0.5, 0.6) is 11.5 Å². The van der Waals surface area contributed by atoms with Crippen LogP contribution in [-0.4, -0.2) is 25.9 Å². The van der Waals surface area contributed by atoms with Gasteiger partial charge in [-0.2, -0.15) is 0 Å². The summed E-state index contributed by atoms with van der Waals surface area (Å²) in [4.78, 5) is 12.9. The molecule has 122 valence electrons. The van der Waals surface area contributed by atoms with E-state index in [1.165, 1.54) is 11.8 Å². The van der Waals surface area contributed by atoms with Crippen molar-refractivity contribution in [2.45, 2.75) is 11.4 Å². The van der Waals surface area contributed by atoms with E-state index < -0.39 is 0 Å². The fourth-order valence-electron chi connectivity index (χ4n) is 2.04. The first-order chi connectivity index (χ1) is 11.2. The zero-order valence-electron chi connectivity index (χ0n) is 13.0. The van der Waals surface area contributed by atoms with Crippen molar-refractivity contribution in [2.24, 2.45) is 0 Å². The molecule has 0 aliphatic heterocycles. The third-order valence-corrected chi connectivity index (χ3v) is 4.67. The van der Waals surface area contributed by atoms with Crippen molar-refractivity contribution >= 4 is 29.3 Å². The predicted octanol–water partition coefficient (Wildman–Crippen LogP) is 3.77. The topological polar surface area (TPSA) is 47.6 Å². The van der Waals surface area contributed by atoms with Gasteiger partial charge in [-0.1, -0.05) is 35.9 Å². The Kier molecular flexibility index (Phi) is 6.62. The average Bonchev–Trinajstić information content (AvgIpc) is 2.58. The first-order valence-electron chi connectivity index (χ1n) is 6.99. The summed E-state index contributed by atoms with van der Waals surface area (Å²) < 4.78 is 10.6. The molecule has 1 N–H and O–H groups in total. The molecule has 0 aliphatic rings. The van der Waals surface area contributed by atoms with Crippen LogP contribution in [0.2, 0.25) is 5.02 Å². The quantitative estimate of drug-likeness (QED) is 0.771. The zero-order chi connectivity index (χ0) is 16.7. The molecule has 0 aromatic heterocycles. The maximum atomic E-state index is 12.0. The number of nitrogens with one attached hydrogen (secondary N) is 1. The average molecular weight is 352 g/mol. The number of para-hydroxylation sites is 1. The van der Waals surface area contributed by atoms with Crippen LogP contribution in [-0.2, 0) is 11.3 Å². The minimum Gasteiger partial charge on any atom is -0.493 e. The third kappa shape index (κ3) is 4.81. The van der Waals surface area contributed by atoms with Gasteiger partial charge < -0.3 is 14.8 Å². The number of methoxy groups -OCH3 is 2. The number of amides is 1. The van der Waals surface area contributed by atoms with Crippen LogP contribution in [0.15, 0.2) is 47.4 Å². The van der Waals surface area contributed by atoms with Gasteiger partial charge in [0.05, 0.1) is 25.0 Å². The number of carbonyl (C=O) groups is 1. The number of halogens is 1. The molecule has 2 rings (SSSR count). The van der Waals surface area contributed by atoms with E-state index in [-0.39, 0.29) is 5.91 Å². The molecule has 0 unspecified atom stereocenters. The van der Waals surface area contributed by atoms with Crippen molar-refractivity contribution in [2.75, 3.05) is 20.0 Å². The van der Waals surface area contributed by atoms with Gasteiger partial charge in [-0.15, -0.1) is 11.8 Å². The van der Waals surface area contributed by atoms with Crippen molar-refractivity contribution < 1.29 is 14.3 Å². The summed E-state index contributed by atoms with van der Waals surface area (Å²) in [6.45, 7) is 0.377. The van der Waals surface area contributed by atoms with Crippen LogP contribution in [0.25, 0.3) is 0 Å².